The van der Waals surface area contributed by atoms with Gasteiger partial charge in [-0.05, 0) is 25.5 Å². The van der Waals surface area contributed by atoms with E-state index in [0.717, 1.165) is 5.56 Å². The number of pyridine rings is 1. The predicted octanol–water partition coefficient (Wildman–Crippen LogP) is 2.77. The number of alkyl halides is 1. The molecule has 76 valence electrons. The summed E-state index contributed by atoms with van der Waals surface area (Å²) in [6.07, 6.45) is 1.60. The Morgan fingerprint density at radius 1 is 1.71 bits per heavy atom. The van der Waals surface area contributed by atoms with Crippen molar-refractivity contribution in [3.8, 4) is 0 Å². The Balaban J connectivity index is 2.91. The fourth-order valence-corrected chi connectivity index (χ4v) is 1.26. The first kappa shape index (κ1) is 11.5. The van der Waals surface area contributed by atoms with Crippen LogP contribution in [0.1, 0.15) is 12.5 Å². The molecule has 1 N–H and O–H groups in total. The largest absolute Gasteiger partial charge is 0.322 e. The summed E-state index contributed by atoms with van der Waals surface area (Å²) in [4.78, 5) is 15.0. The number of aryl methyl sites for hydroxylation is 1. The molecule has 1 unspecified atom stereocenters. The van der Waals surface area contributed by atoms with Gasteiger partial charge < -0.3 is 5.32 Å². The quantitative estimate of drug-likeness (QED) is 0.667. The van der Waals surface area contributed by atoms with Gasteiger partial charge in [-0.3, -0.25) is 4.79 Å². The maximum atomic E-state index is 11.4. The third-order valence-electron chi connectivity index (χ3n) is 1.72. The molecule has 1 atom stereocenters. The molecule has 3 nitrogen and oxygen atoms in total. The Morgan fingerprint density at radius 2 is 2.36 bits per heavy atom. The molecule has 0 aliphatic heterocycles. The minimum Gasteiger partial charge on any atom is -0.322 e. The van der Waals surface area contributed by atoms with E-state index in [9.17, 15) is 4.79 Å². The Hall–Kier alpha value is -0.610. The molecule has 0 radical (unpaired) electrons. The lowest BCUT2D eigenvalue weighted by atomic mass is 10.2. The summed E-state index contributed by atoms with van der Waals surface area (Å²) in [5.41, 5.74) is 1.47. The van der Waals surface area contributed by atoms with E-state index in [1.165, 1.54) is 0 Å². The Bertz CT molecular complexity index is 334. The lowest BCUT2D eigenvalue weighted by Crippen LogP contribution is -2.20. The number of rotatable bonds is 2. The Kier molecular flexibility index (Phi) is 3.89. The second-order valence-electron chi connectivity index (χ2n) is 2.90. The van der Waals surface area contributed by atoms with Crippen molar-refractivity contribution in [2.45, 2.75) is 18.7 Å². The number of amides is 1. The van der Waals surface area contributed by atoms with Gasteiger partial charge in [0, 0.05) is 6.20 Å². The van der Waals surface area contributed by atoms with Gasteiger partial charge in [-0.1, -0.05) is 27.5 Å². The third-order valence-corrected chi connectivity index (χ3v) is 2.42. The van der Waals surface area contributed by atoms with Crippen molar-refractivity contribution in [1.29, 1.82) is 0 Å². The zero-order chi connectivity index (χ0) is 10.7. The van der Waals surface area contributed by atoms with Crippen LogP contribution in [0.5, 0.6) is 0 Å². The molecule has 0 spiro atoms. The number of halogens is 2. The summed E-state index contributed by atoms with van der Waals surface area (Å²) in [5.74, 6) is -0.136. The van der Waals surface area contributed by atoms with Crippen LogP contribution in [-0.4, -0.2) is 15.7 Å². The molecule has 1 aromatic heterocycles. The molecule has 0 aromatic carbocycles. The highest BCUT2D eigenvalue weighted by atomic mass is 79.9. The lowest BCUT2D eigenvalue weighted by Gasteiger charge is -2.10. The number of hydrogen-bond acceptors (Lipinski definition) is 2. The van der Waals surface area contributed by atoms with Crippen LogP contribution in [0.2, 0.25) is 5.15 Å². The van der Waals surface area contributed by atoms with Crippen molar-refractivity contribution in [2.75, 3.05) is 5.32 Å². The molecule has 14 heavy (non-hydrogen) atoms. The van der Waals surface area contributed by atoms with E-state index < -0.39 is 0 Å². The SMILES string of the molecule is Cc1ccnc(Cl)c1NC(=O)C(C)Br. The summed E-state index contributed by atoms with van der Waals surface area (Å²) in [6.45, 7) is 3.61. The first-order valence-corrected chi connectivity index (χ1v) is 5.37. The summed E-state index contributed by atoms with van der Waals surface area (Å²) in [6, 6.07) is 1.79. The van der Waals surface area contributed by atoms with Gasteiger partial charge >= 0.3 is 0 Å². The maximum Gasteiger partial charge on any atom is 0.237 e. The van der Waals surface area contributed by atoms with Crippen molar-refractivity contribution in [3.05, 3.63) is 23.0 Å². The van der Waals surface area contributed by atoms with Crippen LogP contribution in [0.15, 0.2) is 12.3 Å². The van der Waals surface area contributed by atoms with Gasteiger partial charge in [0.25, 0.3) is 0 Å². The highest BCUT2D eigenvalue weighted by Gasteiger charge is 2.12. The van der Waals surface area contributed by atoms with Crippen molar-refractivity contribution >= 4 is 39.1 Å². The molecule has 0 bridgehead atoms. The minimum atomic E-state index is -0.252. The van der Waals surface area contributed by atoms with Gasteiger partial charge in [0.2, 0.25) is 5.91 Å². The Labute approximate surface area is 96.0 Å². The summed E-state index contributed by atoms with van der Waals surface area (Å²) in [5, 5.41) is 3.01. The average molecular weight is 278 g/mol. The second kappa shape index (κ2) is 4.75. The molecular weight excluding hydrogens is 267 g/mol. The Morgan fingerprint density at radius 3 is 2.86 bits per heavy atom. The van der Waals surface area contributed by atoms with Crippen LogP contribution in [0, 0.1) is 6.92 Å². The van der Waals surface area contributed by atoms with E-state index in [1.807, 2.05) is 6.92 Å². The molecule has 0 aliphatic carbocycles. The molecule has 1 rings (SSSR count). The molecule has 1 amide bonds. The summed E-state index contributed by atoms with van der Waals surface area (Å²) < 4.78 is 0. The molecule has 5 heteroatoms. The van der Waals surface area contributed by atoms with Gasteiger partial charge in [-0.15, -0.1) is 0 Å². The lowest BCUT2D eigenvalue weighted by molar-refractivity contribution is -0.115. The van der Waals surface area contributed by atoms with E-state index in [0.29, 0.717) is 10.8 Å². The first-order valence-electron chi connectivity index (χ1n) is 4.08. The fourth-order valence-electron chi connectivity index (χ4n) is 0.898. The van der Waals surface area contributed by atoms with E-state index >= 15 is 0 Å². The number of nitrogens with one attached hydrogen (secondary N) is 1. The molecular formula is C9H10BrClN2O. The van der Waals surface area contributed by atoms with Crippen LogP contribution < -0.4 is 5.32 Å². The molecule has 1 heterocycles. The normalized spacial score (nSPS) is 12.3. The molecule has 0 saturated carbocycles. The van der Waals surface area contributed by atoms with Crippen molar-refractivity contribution in [2.24, 2.45) is 0 Å². The van der Waals surface area contributed by atoms with E-state index in [4.69, 9.17) is 11.6 Å². The molecule has 0 aliphatic rings. The van der Waals surface area contributed by atoms with E-state index in [-0.39, 0.29) is 10.7 Å². The number of aromatic nitrogens is 1. The zero-order valence-corrected chi connectivity index (χ0v) is 10.2. The van der Waals surface area contributed by atoms with Crippen LogP contribution in [0.25, 0.3) is 0 Å². The van der Waals surface area contributed by atoms with Crippen molar-refractivity contribution < 1.29 is 4.79 Å². The monoisotopic (exact) mass is 276 g/mol. The van der Waals surface area contributed by atoms with E-state index in [2.05, 4.69) is 26.2 Å². The summed E-state index contributed by atoms with van der Waals surface area (Å²) >= 11 is 9.01. The van der Waals surface area contributed by atoms with Gasteiger partial charge in [-0.25, -0.2) is 4.98 Å². The number of anilines is 1. The number of hydrogen-bond donors (Lipinski definition) is 1. The van der Waals surface area contributed by atoms with Crippen LogP contribution in [0.3, 0.4) is 0 Å². The highest BCUT2D eigenvalue weighted by Crippen LogP contribution is 2.23. The van der Waals surface area contributed by atoms with Gasteiger partial charge in [-0.2, -0.15) is 0 Å². The standard InChI is InChI=1S/C9H10BrClN2O/c1-5-3-4-12-8(11)7(5)13-9(14)6(2)10/h3-4,6H,1-2H3,(H,13,14). The molecule has 0 saturated heterocycles. The zero-order valence-electron chi connectivity index (χ0n) is 7.84. The van der Waals surface area contributed by atoms with Crippen LogP contribution in [0.4, 0.5) is 5.69 Å². The van der Waals surface area contributed by atoms with Gasteiger partial charge in [0.1, 0.15) is 0 Å². The van der Waals surface area contributed by atoms with Gasteiger partial charge in [0.05, 0.1) is 10.5 Å². The highest BCUT2D eigenvalue weighted by molar-refractivity contribution is 9.10. The number of carbonyl (C=O) groups excluding carboxylic acids is 1. The third kappa shape index (κ3) is 2.69. The smallest absolute Gasteiger partial charge is 0.237 e. The topological polar surface area (TPSA) is 42.0 Å². The van der Waals surface area contributed by atoms with Gasteiger partial charge in [0.15, 0.2) is 5.15 Å². The van der Waals surface area contributed by atoms with Crippen molar-refractivity contribution in [3.63, 3.8) is 0 Å². The number of nitrogens with zero attached hydrogens (tertiary/aromatic N) is 1. The average Bonchev–Trinajstić information content (AvgIpc) is 2.11. The molecule has 1 aromatic rings. The van der Waals surface area contributed by atoms with E-state index in [1.54, 1.807) is 19.2 Å². The summed E-state index contributed by atoms with van der Waals surface area (Å²) in [7, 11) is 0. The minimum absolute atomic E-state index is 0.136. The first-order chi connectivity index (χ1) is 6.52. The second-order valence-corrected chi connectivity index (χ2v) is 4.63. The van der Waals surface area contributed by atoms with Crippen LogP contribution in [-0.2, 0) is 4.79 Å². The number of carbonyl (C=O) groups is 1. The van der Waals surface area contributed by atoms with Crippen LogP contribution >= 0.6 is 27.5 Å². The fraction of sp³-hybridized carbons (Fsp3) is 0.333. The molecule has 0 fully saturated rings. The maximum absolute atomic E-state index is 11.4. The van der Waals surface area contributed by atoms with Crippen molar-refractivity contribution in [1.82, 2.24) is 4.98 Å². The predicted molar refractivity (Wildman–Crippen MR) is 61.0 cm³/mol.